The summed E-state index contributed by atoms with van der Waals surface area (Å²) in [6.45, 7) is 0. The molecule has 0 spiro atoms. The van der Waals surface area contributed by atoms with E-state index in [1.807, 2.05) is 48.5 Å². The summed E-state index contributed by atoms with van der Waals surface area (Å²) in [7, 11) is 0. The van der Waals surface area contributed by atoms with Crippen LogP contribution in [0.2, 0.25) is 0 Å². The summed E-state index contributed by atoms with van der Waals surface area (Å²) in [6.07, 6.45) is 0.763. The van der Waals surface area contributed by atoms with Crippen molar-refractivity contribution in [2.75, 3.05) is 0 Å². The molecule has 0 amide bonds. The van der Waals surface area contributed by atoms with Gasteiger partial charge in [-0.1, -0.05) is 76.6 Å². The van der Waals surface area contributed by atoms with Crippen LogP contribution in [0.3, 0.4) is 0 Å². The van der Waals surface area contributed by atoms with Crippen LogP contribution in [0.1, 0.15) is 11.1 Å². The van der Waals surface area contributed by atoms with Gasteiger partial charge in [-0.25, -0.2) is 0 Å². The Hall–Kier alpha value is -0.790. The second-order valence-electron chi connectivity index (χ2n) is 3.73. The Labute approximate surface area is 109 Å². The van der Waals surface area contributed by atoms with Crippen LogP contribution >= 0.6 is 27.5 Å². The predicted octanol–water partition coefficient (Wildman–Crippen LogP) is 4.72. The quantitative estimate of drug-likeness (QED) is 0.719. The molecule has 0 radical (unpaired) electrons. The molecule has 0 N–H and O–H groups in total. The van der Waals surface area contributed by atoms with Gasteiger partial charge in [0.1, 0.15) is 3.78 Å². The molecule has 0 fully saturated rings. The van der Waals surface area contributed by atoms with Gasteiger partial charge in [-0.15, -0.1) is 11.6 Å². The summed E-state index contributed by atoms with van der Waals surface area (Å²) in [5.74, 6) is 0. The average Bonchev–Trinajstić information content (AvgIpc) is 2.31. The standard InChI is InChI=1S/C14H12BrCl/c15-14(16,13-9-5-2-6-10-13)11-12-7-3-1-4-8-12/h1-10H,11H2. The van der Waals surface area contributed by atoms with E-state index < -0.39 is 3.78 Å². The number of hydrogen-bond donors (Lipinski definition) is 0. The van der Waals surface area contributed by atoms with Gasteiger partial charge in [0.15, 0.2) is 0 Å². The lowest BCUT2D eigenvalue weighted by Crippen LogP contribution is -2.13. The highest BCUT2D eigenvalue weighted by Gasteiger charge is 2.25. The van der Waals surface area contributed by atoms with E-state index in [0.717, 1.165) is 12.0 Å². The lowest BCUT2D eigenvalue weighted by molar-refractivity contribution is 0.868. The van der Waals surface area contributed by atoms with Gasteiger partial charge in [0.25, 0.3) is 0 Å². The third-order valence-electron chi connectivity index (χ3n) is 2.47. The highest BCUT2D eigenvalue weighted by atomic mass is 79.9. The fourth-order valence-corrected chi connectivity index (χ4v) is 2.50. The molecular weight excluding hydrogens is 284 g/mol. The lowest BCUT2D eigenvalue weighted by Gasteiger charge is -2.20. The first-order valence-corrected chi connectivity index (χ1v) is 6.33. The lowest BCUT2D eigenvalue weighted by atomic mass is 10.0. The molecule has 2 rings (SSSR count). The Morgan fingerprint density at radius 2 is 1.38 bits per heavy atom. The summed E-state index contributed by atoms with van der Waals surface area (Å²) in [5, 5.41) is 0. The number of benzene rings is 2. The molecule has 0 saturated carbocycles. The largest absolute Gasteiger partial charge is 0.128 e. The van der Waals surface area contributed by atoms with Crippen molar-refractivity contribution in [3.8, 4) is 0 Å². The Morgan fingerprint density at radius 3 is 1.94 bits per heavy atom. The zero-order valence-electron chi connectivity index (χ0n) is 8.74. The van der Waals surface area contributed by atoms with E-state index in [2.05, 4.69) is 28.1 Å². The predicted molar refractivity (Wildman–Crippen MR) is 73.0 cm³/mol. The van der Waals surface area contributed by atoms with Crippen molar-refractivity contribution in [2.24, 2.45) is 0 Å². The van der Waals surface area contributed by atoms with Crippen molar-refractivity contribution in [1.29, 1.82) is 0 Å². The summed E-state index contributed by atoms with van der Waals surface area (Å²) in [4.78, 5) is 0. The average molecular weight is 296 g/mol. The van der Waals surface area contributed by atoms with Crippen LogP contribution in [0.15, 0.2) is 60.7 Å². The minimum Gasteiger partial charge on any atom is -0.101 e. The molecule has 2 aromatic rings. The van der Waals surface area contributed by atoms with E-state index in [0.29, 0.717) is 0 Å². The van der Waals surface area contributed by atoms with Crippen molar-refractivity contribution in [3.05, 3.63) is 71.8 Å². The number of hydrogen-bond acceptors (Lipinski definition) is 0. The van der Waals surface area contributed by atoms with E-state index in [1.54, 1.807) is 0 Å². The molecule has 0 nitrogen and oxygen atoms in total. The minimum absolute atomic E-state index is 0.518. The molecule has 16 heavy (non-hydrogen) atoms. The van der Waals surface area contributed by atoms with Crippen molar-refractivity contribution in [3.63, 3.8) is 0 Å². The zero-order chi connectivity index (χ0) is 11.4. The third kappa shape index (κ3) is 2.87. The fourth-order valence-electron chi connectivity index (χ4n) is 1.64. The van der Waals surface area contributed by atoms with Crippen LogP contribution in [-0.2, 0) is 10.2 Å². The SMILES string of the molecule is ClC(Br)(Cc1ccccc1)c1ccccc1. The molecule has 0 aliphatic heterocycles. The molecule has 0 aromatic heterocycles. The van der Waals surface area contributed by atoms with Crippen LogP contribution < -0.4 is 0 Å². The highest BCUT2D eigenvalue weighted by molar-refractivity contribution is 9.10. The molecule has 0 aliphatic rings. The topological polar surface area (TPSA) is 0 Å². The molecule has 0 heterocycles. The van der Waals surface area contributed by atoms with Gasteiger partial charge in [-0.05, 0) is 11.1 Å². The number of alkyl halides is 2. The fraction of sp³-hybridized carbons (Fsp3) is 0.143. The van der Waals surface area contributed by atoms with Crippen LogP contribution in [-0.4, -0.2) is 0 Å². The third-order valence-corrected chi connectivity index (χ3v) is 3.56. The smallest absolute Gasteiger partial charge is 0.101 e. The van der Waals surface area contributed by atoms with Gasteiger partial charge < -0.3 is 0 Å². The van der Waals surface area contributed by atoms with Crippen molar-refractivity contribution in [2.45, 2.75) is 10.2 Å². The summed E-state index contributed by atoms with van der Waals surface area (Å²) in [6, 6.07) is 20.3. The maximum atomic E-state index is 6.51. The summed E-state index contributed by atoms with van der Waals surface area (Å²) in [5.41, 5.74) is 2.30. The van der Waals surface area contributed by atoms with E-state index in [-0.39, 0.29) is 0 Å². The van der Waals surface area contributed by atoms with E-state index >= 15 is 0 Å². The first-order valence-electron chi connectivity index (χ1n) is 5.16. The maximum Gasteiger partial charge on any atom is 0.128 e. The normalized spacial score (nSPS) is 14.4. The van der Waals surface area contributed by atoms with Gasteiger partial charge >= 0.3 is 0 Å². The molecule has 0 saturated heterocycles. The molecule has 2 heteroatoms. The second-order valence-corrected chi connectivity index (χ2v) is 6.19. The molecule has 2 aromatic carbocycles. The second kappa shape index (κ2) is 5.03. The molecule has 1 atom stereocenters. The number of halogens is 2. The minimum atomic E-state index is -0.518. The van der Waals surface area contributed by atoms with Crippen molar-refractivity contribution >= 4 is 27.5 Å². The van der Waals surface area contributed by atoms with Crippen molar-refractivity contribution in [1.82, 2.24) is 0 Å². The van der Waals surface area contributed by atoms with Crippen LogP contribution in [0.4, 0.5) is 0 Å². The Bertz CT molecular complexity index is 437. The van der Waals surface area contributed by atoms with Gasteiger partial charge in [-0.2, -0.15) is 0 Å². The Morgan fingerprint density at radius 1 is 0.875 bits per heavy atom. The first kappa shape index (κ1) is 11.7. The van der Waals surface area contributed by atoms with E-state index in [4.69, 9.17) is 11.6 Å². The van der Waals surface area contributed by atoms with Gasteiger partial charge in [0.2, 0.25) is 0 Å². The number of rotatable bonds is 3. The zero-order valence-corrected chi connectivity index (χ0v) is 11.1. The summed E-state index contributed by atoms with van der Waals surface area (Å²) >= 11 is 10.1. The van der Waals surface area contributed by atoms with Gasteiger partial charge in [-0.3, -0.25) is 0 Å². The highest BCUT2D eigenvalue weighted by Crippen LogP contribution is 2.39. The van der Waals surface area contributed by atoms with E-state index in [1.165, 1.54) is 5.56 Å². The summed E-state index contributed by atoms with van der Waals surface area (Å²) < 4.78 is -0.518. The first-order chi connectivity index (χ1) is 7.68. The monoisotopic (exact) mass is 294 g/mol. The molecule has 0 aliphatic carbocycles. The Kier molecular flexibility index (Phi) is 3.67. The van der Waals surface area contributed by atoms with Crippen LogP contribution in [0, 0.1) is 0 Å². The van der Waals surface area contributed by atoms with Crippen LogP contribution in [0.5, 0.6) is 0 Å². The van der Waals surface area contributed by atoms with Crippen molar-refractivity contribution < 1.29 is 0 Å². The molecular formula is C14H12BrCl. The van der Waals surface area contributed by atoms with Crippen LogP contribution in [0.25, 0.3) is 0 Å². The van der Waals surface area contributed by atoms with Gasteiger partial charge in [0, 0.05) is 6.42 Å². The Balaban J connectivity index is 2.21. The molecule has 1 unspecified atom stereocenters. The van der Waals surface area contributed by atoms with Gasteiger partial charge in [0.05, 0.1) is 0 Å². The molecule has 82 valence electrons. The molecule has 0 bridgehead atoms. The maximum absolute atomic E-state index is 6.51. The van der Waals surface area contributed by atoms with E-state index in [9.17, 15) is 0 Å².